The first kappa shape index (κ1) is 16.6. The summed E-state index contributed by atoms with van der Waals surface area (Å²) in [6, 6.07) is 1.45. The van der Waals surface area contributed by atoms with E-state index < -0.39 is 0 Å². The Morgan fingerprint density at radius 1 is 1.08 bits per heavy atom. The van der Waals surface area contributed by atoms with Crippen LogP contribution in [0.15, 0.2) is 0 Å². The first-order valence-corrected chi connectivity index (χ1v) is 10.2. The van der Waals surface area contributed by atoms with Crippen LogP contribution < -0.4 is 5.32 Å². The second-order valence-electron chi connectivity index (χ2n) is 8.29. The van der Waals surface area contributed by atoms with E-state index in [-0.39, 0.29) is 12.1 Å². The molecule has 1 N–H and O–H groups in total. The summed E-state index contributed by atoms with van der Waals surface area (Å²) in [4.78, 5) is 17.6. The molecule has 0 spiro atoms. The van der Waals surface area contributed by atoms with E-state index in [0.717, 1.165) is 38.6 Å². The molecule has 4 fully saturated rings. The van der Waals surface area contributed by atoms with E-state index in [9.17, 15) is 4.79 Å². The first-order valence-electron chi connectivity index (χ1n) is 10.2. The van der Waals surface area contributed by atoms with Crippen molar-refractivity contribution in [2.24, 2.45) is 5.92 Å². The number of ether oxygens (including phenoxy) is 1. The van der Waals surface area contributed by atoms with Gasteiger partial charge in [0.2, 0.25) is 0 Å². The van der Waals surface area contributed by atoms with E-state index in [1.807, 2.05) is 0 Å². The van der Waals surface area contributed by atoms with Gasteiger partial charge in [0, 0.05) is 38.3 Å². The molecule has 2 unspecified atom stereocenters. The third-order valence-electron chi connectivity index (χ3n) is 6.37. The molecule has 136 valence electrons. The maximum atomic E-state index is 12.8. The van der Waals surface area contributed by atoms with Gasteiger partial charge in [-0.25, -0.2) is 4.79 Å². The summed E-state index contributed by atoms with van der Waals surface area (Å²) in [7, 11) is 0. The van der Waals surface area contributed by atoms with Gasteiger partial charge in [0.25, 0.3) is 0 Å². The lowest BCUT2D eigenvalue weighted by Gasteiger charge is -2.31. The molecule has 24 heavy (non-hydrogen) atoms. The van der Waals surface area contributed by atoms with Crippen molar-refractivity contribution in [1.29, 1.82) is 0 Å². The number of nitrogens with one attached hydrogen (secondary N) is 1. The lowest BCUT2D eigenvalue weighted by atomic mass is 10.1. The van der Waals surface area contributed by atoms with Gasteiger partial charge >= 0.3 is 6.03 Å². The van der Waals surface area contributed by atoms with E-state index >= 15 is 0 Å². The van der Waals surface area contributed by atoms with Crippen LogP contribution in [0.2, 0.25) is 0 Å². The van der Waals surface area contributed by atoms with Crippen LogP contribution >= 0.6 is 0 Å². The number of hydrogen-bond donors (Lipinski definition) is 1. The van der Waals surface area contributed by atoms with Crippen molar-refractivity contribution in [2.75, 3.05) is 32.8 Å². The molecular formula is C19H33N3O2. The zero-order chi connectivity index (χ0) is 16.4. The monoisotopic (exact) mass is 335 g/mol. The molecule has 4 aliphatic rings. The summed E-state index contributed by atoms with van der Waals surface area (Å²) >= 11 is 0. The molecule has 2 heterocycles. The normalized spacial score (nSPS) is 31.7. The van der Waals surface area contributed by atoms with Gasteiger partial charge in [0.1, 0.15) is 0 Å². The minimum Gasteiger partial charge on any atom is -0.376 e. The van der Waals surface area contributed by atoms with E-state index in [2.05, 4.69) is 15.1 Å². The van der Waals surface area contributed by atoms with Crippen LogP contribution in [0.4, 0.5) is 4.79 Å². The topological polar surface area (TPSA) is 44.8 Å². The zero-order valence-electron chi connectivity index (χ0n) is 14.9. The highest BCUT2D eigenvalue weighted by molar-refractivity contribution is 5.74. The molecule has 5 nitrogen and oxygen atoms in total. The quantitative estimate of drug-likeness (QED) is 0.811. The predicted octanol–water partition coefficient (Wildman–Crippen LogP) is 2.60. The molecule has 0 aromatic rings. The summed E-state index contributed by atoms with van der Waals surface area (Å²) < 4.78 is 5.79. The van der Waals surface area contributed by atoms with Crippen molar-refractivity contribution in [2.45, 2.75) is 76.0 Å². The fourth-order valence-corrected chi connectivity index (χ4v) is 4.76. The Balaban J connectivity index is 1.27. The van der Waals surface area contributed by atoms with Crippen molar-refractivity contribution < 1.29 is 9.53 Å². The van der Waals surface area contributed by atoms with E-state index in [0.29, 0.717) is 12.0 Å². The highest BCUT2D eigenvalue weighted by Gasteiger charge is 2.35. The van der Waals surface area contributed by atoms with Crippen LogP contribution in [0.1, 0.15) is 57.8 Å². The fourth-order valence-electron chi connectivity index (χ4n) is 4.76. The number of nitrogens with zero attached hydrogens (tertiary/aromatic N) is 2. The summed E-state index contributed by atoms with van der Waals surface area (Å²) in [5, 5.41) is 3.26. The Labute approximate surface area is 146 Å². The van der Waals surface area contributed by atoms with Crippen molar-refractivity contribution >= 4 is 6.03 Å². The zero-order valence-corrected chi connectivity index (χ0v) is 14.9. The van der Waals surface area contributed by atoms with E-state index in [4.69, 9.17) is 4.74 Å². The number of hydrogen-bond acceptors (Lipinski definition) is 3. The number of carbonyl (C=O) groups excluding carboxylic acids is 1. The van der Waals surface area contributed by atoms with Crippen molar-refractivity contribution in [1.82, 2.24) is 15.1 Å². The van der Waals surface area contributed by atoms with Crippen molar-refractivity contribution in [3.05, 3.63) is 0 Å². The van der Waals surface area contributed by atoms with Gasteiger partial charge in [-0.2, -0.15) is 0 Å². The lowest BCUT2D eigenvalue weighted by Crippen LogP contribution is -2.49. The summed E-state index contributed by atoms with van der Waals surface area (Å²) in [5.74, 6) is 0.641. The molecule has 0 bridgehead atoms. The predicted molar refractivity (Wildman–Crippen MR) is 94.0 cm³/mol. The molecule has 0 aromatic heterocycles. The Morgan fingerprint density at radius 3 is 2.62 bits per heavy atom. The molecule has 5 heteroatoms. The van der Waals surface area contributed by atoms with Gasteiger partial charge in [-0.3, -0.25) is 0 Å². The van der Waals surface area contributed by atoms with Gasteiger partial charge in [-0.1, -0.05) is 12.8 Å². The highest BCUT2D eigenvalue weighted by atomic mass is 16.5. The molecule has 0 radical (unpaired) electrons. The minimum absolute atomic E-state index is 0.155. The molecule has 0 aromatic carbocycles. The second-order valence-corrected chi connectivity index (χ2v) is 8.29. The lowest BCUT2D eigenvalue weighted by molar-refractivity contribution is 0.0697. The van der Waals surface area contributed by atoms with Crippen LogP contribution in [0.5, 0.6) is 0 Å². The maximum absolute atomic E-state index is 12.8. The number of rotatable bonds is 6. The molecule has 4 rings (SSSR count). The number of amides is 2. The van der Waals surface area contributed by atoms with Crippen molar-refractivity contribution in [3.8, 4) is 0 Å². The Hall–Kier alpha value is -0.810. The second kappa shape index (κ2) is 7.61. The van der Waals surface area contributed by atoms with Crippen LogP contribution in [0.25, 0.3) is 0 Å². The summed E-state index contributed by atoms with van der Waals surface area (Å²) in [5.41, 5.74) is 0. The van der Waals surface area contributed by atoms with E-state index in [1.165, 1.54) is 58.0 Å². The van der Waals surface area contributed by atoms with Gasteiger partial charge in [0.15, 0.2) is 0 Å². The van der Waals surface area contributed by atoms with Gasteiger partial charge in [0.05, 0.1) is 6.10 Å². The minimum atomic E-state index is 0.155. The Kier molecular flexibility index (Phi) is 5.28. The number of likely N-dealkylation sites (tertiary alicyclic amines) is 1. The first-order chi connectivity index (χ1) is 11.8. The molecule has 2 saturated heterocycles. The van der Waals surface area contributed by atoms with Crippen LogP contribution in [0.3, 0.4) is 0 Å². The molecule has 2 atom stereocenters. The Bertz CT molecular complexity index is 428. The summed E-state index contributed by atoms with van der Waals surface area (Å²) in [6.45, 7) is 4.91. The van der Waals surface area contributed by atoms with Crippen LogP contribution in [-0.2, 0) is 4.74 Å². The van der Waals surface area contributed by atoms with Crippen LogP contribution in [-0.4, -0.2) is 66.8 Å². The molecular weight excluding hydrogens is 302 g/mol. The average Bonchev–Trinajstić information content (AvgIpc) is 3.06. The fraction of sp³-hybridized carbons (Fsp3) is 0.947. The molecule has 2 aliphatic carbocycles. The SMILES string of the molecule is O=C(NCC1CCN(C2CC2)C1)N(CC1CCCO1)C1CCCC1. The number of carbonyl (C=O) groups is 1. The van der Waals surface area contributed by atoms with Gasteiger partial charge < -0.3 is 19.9 Å². The largest absolute Gasteiger partial charge is 0.376 e. The number of urea groups is 1. The third kappa shape index (κ3) is 4.05. The molecule has 2 amide bonds. The van der Waals surface area contributed by atoms with Gasteiger partial charge in [-0.15, -0.1) is 0 Å². The van der Waals surface area contributed by atoms with Crippen LogP contribution in [0, 0.1) is 5.92 Å². The molecule has 2 saturated carbocycles. The summed E-state index contributed by atoms with van der Waals surface area (Å²) in [6.07, 6.45) is 11.4. The smallest absolute Gasteiger partial charge is 0.317 e. The average molecular weight is 335 g/mol. The maximum Gasteiger partial charge on any atom is 0.317 e. The third-order valence-corrected chi connectivity index (χ3v) is 6.37. The molecule has 2 aliphatic heterocycles. The Morgan fingerprint density at radius 2 is 1.92 bits per heavy atom. The standard InChI is InChI=1S/C19H33N3O2/c23-19(20-12-15-9-10-21(13-15)16-7-8-16)22(17-4-1-2-5-17)14-18-6-3-11-24-18/h15-18H,1-14H2,(H,20,23). The highest BCUT2D eigenvalue weighted by Crippen LogP contribution is 2.31. The van der Waals surface area contributed by atoms with Crippen molar-refractivity contribution in [3.63, 3.8) is 0 Å². The van der Waals surface area contributed by atoms with Gasteiger partial charge in [-0.05, 0) is 57.4 Å². The van der Waals surface area contributed by atoms with E-state index in [1.54, 1.807) is 0 Å².